The van der Waals surface area contributed by atoms with Crippen LogP contribution >= 0.6 is 7.60 Å². The van der Waals surface area contributed by atoms with E-state index in [9.17, 15) is 4.57 Å². The van der Waals surface area contributed by atoms with E-state index < -0.39 is 7.60 Å². The number of fused-ring (bicyclic) bond motifs is 3. The maximum atomic E-state index is 12.6. The van der Waals surface area contributed by atoms with Crippen molar-refractivity contribution in [2.24, 2.45) is 0 Å². The van der Waals surface area contributed by atoms with Crippen molar-refractivity contribution in [3.8, 4) is 5.75 Å². The lowest BCUT2D eigenvalue weighted by molar-refractivity contribution is 0.197. The Hall–Kier alpha value is -2.99. The summed E-state index contributed by atoms with van der Waals surface area (Å²) in [5.41, 5.74) is 12.4. The number of anilines is 1. The lowest BCUT2D eigenvalue weighted by Crippen LogP contribution is -2.06. The second-order valence-electron chi connectivity index (χ2n) is 8.57. The van der Waals surface area contributed by atoms with Crippen LogP contribution in [0, 0.1) is 13.8 Å². The van der Waals surface area contributed by atoms with E-state index in [1.165, 1.54) is 5.56 Å². The summed E-state index contributed by atoms with van der Waals surface area (Å²) in [5.74, 6) is 1.09. The zero-order chi connectivity index (χ0) is 25.0. The van der Waals surface area contributed by atoms with Gasteiger partial charge >= 0.3 is 7.60 Å². The van der Waals surface area contributed by atoms with Crippen molar-refractivity contribution in [3.05, 3.63) is 70.9 Å². The summed E-state index contributed by atoms with van der Waals surface area (Å²) in [7, 11) is -3.25. The zero-order valence-electron chi connectivity index (χ0n) is 20.7. The number of rotatable bonds is 10. The molecule has 4 rings (SSSR count). The van der Waals surface area contributed by atoms with Gasteiger partial charge in [-0.2, -0.15) is 0 Å². The second-order valence-corrected chi connectivity index (χ2v) is 10.6. The van der Waals surface area contributed by atoms with Crippen LogP contribution < -0.4 is 10.5 Å². The van der Waals surface area contributed by atoms with Gasteiger partial charge in [0, 0.05) is 17.0 Å². The van der Waals surface area contributed by atoms with E-state index in [0.29, 0.717) is 24.8 Å². The van der Waals surface area contributed by atoms with Gasteiger partial charge in [-0.05, 0) is 87.1 Å². The normalized spacial score (nSPS) is 11.9. The number of hydrogen-bond acceptors (Lipinski definition) is 7. The number of nitrogen functional groups attached to an aromatic ring is 1. The highest BCUT2D eigenvalue weighted by Gasteiger charge is 2.24. The minimum absolute atomic E-state index is 0.109. The van der Waals surface area contributed by atoms with Gasteiger partial charge in [0.25, 0.3) is 0 Å². The monoisotopic (exact) mass is 493 g/mol. The molecular formula is C27H32N3O4P. The topological polar surface area (TPSA) is 96.6 Å². The highest BCUT2D eigenvalue weighted by atomic mass is 31.2. The molecule has 0 amide bonds. The summed E-state index contributed by atoms with van der Waals surface area (Å²) >= 11 is 0. The third-order valence-electron chi connectivity index (χ3n) is 5.91. The first-order valence-electron chi connectivity index (χ1n) is 11.9. The number of nitrogens with zero attached hydrogens (tertiary/aromatic N) is 2. The van der Waals surface area contributed by atoms with Crippen LogP contribution in [-0.2, 0) is 26.5 Å². The number of hydrogen-bond donors (Lipinski definition) is 1. The Morgan fingerprint density at radius 2 is 1.71 bits per heavy atom. The van der Waals surface area contributed by atoms with Crippen molar-refractivity contribution in [1.29, 1.82) is 0 Å². The maximum absolute atomic E-state index is 12.6. The molecule has 0 aliphatic carbocycles. The molecule has 0 bridgehead atoms. The summed E-state index contributed by atoms with van der Waals surface area (Å²) in [6.07, 6.45) is 3.46. The fourth-order valence-corrected chi connectivity index (χ4v) is 5.49. The molecule has 0 aliphatic rings. The van der Waals surface area contributed by atoms with Crippen LogP contribution in [0.15, 0.2) is 48.7 Å². The van der Waals surface area contributed by atoms with E-state index in [1.54, 1.807) is 13.8 Å². The Kier molecular flexibility index (Phi) is 7.70. The molecule has 2 aromatic heterocycles. The predicted molar refractivity (Wildman–Crippen MR) is 141 cm³/mol. The van der Waals surface area contributed by atoms with Gasteiger partial charge in [0.2, 0.25) is 0 Å². The molecule has 8 heteroatoms. The third-order valence-corrected chi connectivity index (χ3v) is 7.66. The molecule has 0 atom stereocenters. The fraction of sp³-hybridized carbons (Fsp3) is 0.333. The number of nitrogens with two attached hydrogens (primary N) is 1. The molecule has 4 aromatic rings. The molecule has 7 nitrogen and oxygen atoms in total. The number of aromatic nitrogens is 2. The minimum atomic E-state index is -3.25. The van der Waals surface area contributed by atoms with Crippen LogP contribution in [-0.4, -0.2) is 29.5 Å². The van der Waals surface area contributed by atoms with E-state index in [-0.39, 0.29) is 6.35 Å². The standard InChI is InChI=1S/C27H32N3O4P/c1-5-33-35(31,34-6-2)17-32-22-11-10-21(19(4)14-22)9-8-20-15-24-23-12-7-18(3)13-25(23)30-27(28)26(24)29-16-20/h7,10-16H,5-6,8-9,17H2,1-4H3,(H2,28,30). The molecule has 2 N–H and O–H groups in total. The van der Waals surface area contributed by atoms with Gasteiger partial charge in [0.1, 0.15) is 11.3 Å². The molecule has 2 aromatic carbocycles. The van der Waals surface area contributed by atoms with Gasteiger partial charge in [-0.1, -0.05) is 18.2 Å². The number of aryl methyl sites for hydroxylation is 4. The molecule has 184 valence electrons. The van der Waals surface area contributed by atoms with Gasteiger partial charge in [-0.3, -0.25) is 9.55 Å². The molecule has 2 heterocycles. The van der Waals surface area contributed by atoms with Gasteiger partial charge in [-0.25, -0.2) is 4.98 Å². The Morgan fingerprint density at radius 3 is 2.43 bits per heavy atom. The smallest absolute Gasteiger partial charge is 0.367 e. The van der Waals surface area contributed by atoms with Crippen molar-refractivity contribution >= 4 is 35.2 Å². The highest BCUT2D eigenvalue weighted by molar-refractivity contribution is 7.53. The van der Waals surface area contributed by atoms with Crippen LogP contribution in [0.25, 0.3) is 21.8 Å². The summed E-state index contributed by atoms with van der Waals surface area (Å²) in [6, 6.07) is 14.3. The summed E-state index contributed by atoms with van der Waals surface area (Å²) < 4.78 is 29.0. The number of benzene rings is 2. The molecule has 0 radical (unpaired) electrons. The molecule has 0 aliphatic heterocycles. The van der Waals surface area contributed by atoms with Crippen LogP contribution in [0.3, 0.4) is 0 Å². The molecule has 35 heavy (non-hydrogen) atoms. The quantitative estimate of drug-likeness (QED) is 0.202. The predicted octanol–water partition coefficient (Wildman–Crippen LogP) is 6.37. The van der Waals surface area contributed by atoms with Gasteiger partial charge in [-0.15, -0.1) is 0 Å². The van der Waals surface area contributed by atoms with Crippen molar-refractivity contribution < 1.29 is 18.3 Å². The Balaban J connectivity index is 1.49. The van der Waals surface area contributed by atoms with Crippen molar-refractivity contribution in [3.63, 3.8) is 0 Å². The van der Waals surface area contributed by atoms with Crippen molar-refractivity contribution in [1.82, 2.24) is 9.97 Å². The molecule has 0 fully saturated rings. The van der Waals surface area contributed by atoms with Gasteiger partial charge in [0.15, 0.2) is 12.2 Å². The van der Waals surface area contributed by atoms with Crippen LogP contribution in [0.2, 0.25) is 0 Å². The van der Waals surface area contributed by atoms with Crippen molar-refractivity contribution in [2.75, 3.05) is 25.3 Å². The fourth-order valence-electron chi connectivity index (χ4n) is 4.18. The van der Waals surface area contributed by atoms with E-state index >= 15 is 0 Å². The average molecular weight is 494 g/mol. The Labute approximate surface area is 206 Å². The van der Waals surface area contributed by atoms with E-state index in [4.69, 9.17) is 19.5 Å². The Morgan fingerprint density at radius 1 is 0.943 bits per heavy atom. The maximum Gasteiger partial charge on any atom is 0.367 e. The first-order valence-corrected chi connectivity index (χ1v) is 13.6. The molecular weight excluding hydrogens is 461 g/mol. The van der Waals surface area contributed by atoms with Crippen LogP contribution in [0.4, 0.5) is 5.82 Å². The lowest BCUT2D eigenvalue weighted by atomic mass is 9.99. The van der Waals surface area contributed by atoms with E-state index in [2.05, 4.69) is 28.2 Å². The summed E-state index contributed by atoms with van der Waals surface area (Å²) in [5, 5.41) is 2.08. The first kappa shape index (κ1) is 25.1. The third kappa shape index (κ3) is 5.81. The van der Waals surface area contributed by atoms with Gasteiger partial charge in [0.05, 0.1) is 18.7 Å². The van der Waals surface area contributed by atoms with Gasteiger partial charge < -0.3 is 19.5 Å². The first-order chi connectivity index (χ1) is 16.8. The zero-order valence-corrected chi connectivity index (χ0v) is 21.6. The van der Waals surface area contributed by atoms with Crippen LogP contribution in [0.5, 0.6) is 5.75 Å². The lowest BCUT2D eigenvalue weighted by Gasteiger charge is -2.18. The largest absolute Gasteiger partial charge is 0.481 e. The van der Waals surface area contributed by atoms with Crippen molar-refractivity contribution in [2.45, 2.75) is 40.5 Å². The molecule has 0 unspecified atom stereocenters. The van der Waals surface area contributed by atoms with E-state index in [1.807, 2.05) is 44.3 Å². The number of ether oxygens (including phenoxy) is 1. The van der Waals surface area contributed by atoms with Crippen LogP contribution in [0.1, 0.15) is 36.1 Å². The molecule has 0 saturated heterocycles. The van der Waals surface area contributed by atoms with E-state index in [0.717, 1.165) is 51.3 Å². The number of pyridine rings is 2. The average Bonchev–Trinajstić information content (AvgIpc) is 2.82. The molecule has 0 spiro atoms. The Bertz CT molecular complexity index is 1400. The minimum Gasteiger partial charge on any atom is -0.481 e. The second kappa shape index (κ2) is 10.7. The molecule has 0 saturated carbocycles. The SMILES string of the molecule is CCOP(=O)(COc1ccc(CCc2cnc3c(N)nc4cc(C)ccc4c3c2)c(C)c1)OCC. The summed E-state index contributed by atoms with van der Waals surface area (Å²) in [4.78, 5) is 9.15. The highest BCUT2D eigenvalue weighted by Crippen LogP contribution is 2.48. The summed E-state index contributed by atoms with van der Waals surface area (Å²) in [6.45, 7) is 8.27.